The fraction of sp³-hybridized carbons (Fsp3) is 0.263. The Kier molecular flexibility index (Phi) is 7.34. The van der Waals surface area contributed by atoms with Crippen LogP contribution in [0.25, 0.3) is 0 Å². The molecular weight excluding hydrogens is 320 g/mol. The number of ether oxygens (including phenoxy) is 1. The molecule has 5 heteroatoms. The second-order valence-electron chi connectivity index (χ2n) is 5.21. The summed E-state index contributed by atoms with van der Waals surface area (Å²) in [6.45, 7) is 1.14. The standard InChI is InChI=1S/C19H20N2O2S/c1-23-13-15-6-8-16(9-7-15)19(22)21-10-11-24-14-18-5-3-2-4-17(18)12-20/h2-9H,10-11,13-14H2,1H3,(H,21,22). The molecule has 1 N–H and O–H groups in total. The van der Waals surface area contributed by atoms with Crippen LogP contribution < -0.4 is 5.32 Å². The molecule has 0 unspecified atom stereocenters. The van der Waals surface area contributed by atoms with Gasteiger partial charge in [-0.1, -0.05) is 30.3 Å². The highest BCUT2D eigenvalue weighted by molar-refractivity contribution is 7.98. The summed E-state index contributed by atoms with van der Waals surface area (Å²) in [5.41, 5.74) is 3.44. The lowest BCUT2D eigenvalue weighted by Crippen LogP contribution is -2.25. The third-order valence-corrected chi connectivity index (χ3v) is 4.46. The van der Waals surface area contributed by atoms with Gasteiger partial charge in [0, 0.05) is 30.7 Å². The Morgan fingerprint density at radius 3 is 2.67 bits per heavy atom. The minimum atomic E-state index is -0.0722. The molecule has 0 atom stereocenters. The monoisotopic (exact) mass is 340 g/mol. The molecule has 0 radical (unpaired) electrons. The summed E-state index contributed by atoms with van der Waals surface area (Å²) in [7, 11) is 1.65. The number of hydrogen-bond donors (Lipinski definition) is 1. The predicted molar refractivity (Wildman–Crippen MR) is 96.8 cm³/mol. The van der Waals surface area contributed by atoms with Gasteiger partial charge in [-0.3, -0.25) is 4.79 Å². The highest BCUT2D eigenvalue weighted by Gasteiger charge is 2.05. The van der Waals surface area contributed by atoms with Gasteiger partial charge in [-0.25, -0.2) is 0 Å². The summed E-state index contributed by atoms with van der Waals surface area (Å²) in [4.78, 5) is 12.1. The summed E-state index contributed by atoms with van der Waals surface area (Å²) in [5, 5.41) is 12.0. The Balaban J connectivity index is 1.72. The fourth-order valence-electron chi connectivity index (χ4n) is 2.20. The van der Waals surface area contributed by atoms with E-state index in [2.05, 4.69) is 11.4 Å². The third-order valence-electron chi connectivity index (χ3n) is 3.45. The van der Waals surface area contributed by atoms with Crippen LogP contribution in [0.2, 0.25) is 0 Å². The molecular formula is C19H20N2O2S. The maximum absolute atomic E-state index is 12.1. The normalized spacial score (nSPS) is 10.2. The first-order chi connectivity index (χ1) is 11.7. The molecule has 0 heterocycles. The maximum Gasteiger partial charge on any atom is 0.251 e. The van der Waals surface area contributed by atoms with Gasteiger partial charge in [0.15, 0.2) is 0 Å². The number of rotatable bonds is 8. The first-order valence-corrected chi connectivity index (χ1v) is 8.82. The number of hydrogen-bond acceptors (Lipinski definition) is 4. The summed E-state index contributed by atoms with van der Waals surface area (Å²) < 4.78 is 5.05. The number of nitrogens with one attached hydrogen (secondary N) is 1. The van der Waals surface area contributed by atoms with Crippen LogP contribution in [0, 0.1) is 11.3 Å². The molecule has 1 amide bonds. The molecule has 2 aromatic rings. The van der Waals surface area contributed by atoms with Crippen molar-refractivity contribution in [3.8, 4) is 6.07 Å². The van der Waals surface area contributed by atoms with Crippen molar-refractivity contribution < 1.29 is 9.53 Å². The van der Waals surface area contributed by atoms with Crippen LogP contribution in [0.4, 0.5) is 0 Å². The van der Waals surface area contributed by atoms with E-state index in [4.69, 9.17) is 10.00 Å². The van der Waals surface area contributed by atoms with Gasteiger partial charge in [-0.2, -0.15) is 17.0 Å². The Hall–Kier alpha value is -2.29. The van der Waals surface area contributed by atoms with Crippen LogP contribution in [0.5, 0.6) is 0 Å². The summed E-state index contributed by atoms with van der Waals surface area (Å²) in [6.07, 6.45) is 0. The molecule has 0 saturated heterocycles. The number of nitriles is 1. The van der Waals surface area contributed by atoms with Gasteiger partial charge in [-0.05, 0) is 29.3 Å². The number of methoxy groups -OCH3 is 1. The van der Waals surface area contributed by atoms with Gasteiger partial charge < -0.3 is 10.1 Å². The molecule has 0 spiro atoms. The number of amides is 1. The minimum Gasteiger partial charge on any atom is -0.380 e. The zero-order chi connectivity index (χ0) is 17.2. The van der Waals surface area contributed by atoms with Gasteiger partial charge >= 0.3 is 0 Å². The van der Waals surface area contributed by atoms with Crippen molar-refractivity contribution in [1.82, 2.24) is 5.32 Å². The van der Waals surface area contributed by atoms with E-state index in [-0.39, 0.29) is 5.91 Å². The van der Waals surface area contributed by atoms with E-state index in [0.717, 1.165) is 22.6 Å². The first-order valence-electron chi connectivity index (χ1n) is 7.66. The Morgan fingerprint density at radius 1 is 1.21 bits per heavy atom. The van der Waals surface area contributed by atoms with Crippen molar-refractivity contribution in [2.24, 2.45) is 0 Å². The lowest BCUT2D eigenvalue weighted by atomic mass is 10.1. The quantitative estimate of drug-likeness (QED) is 0.749. The van der Waals surface area contributed by atoms with Crippen molar-refractivity contribution in [2.75, 3.05) is 19.4 Å². The Labute approximate surface area is 146 Å². The average Bonchev–Trinajstić information content (AvgIpc) is 2.62. The summed E-state index contributed by atoms with van der Waals surface area (Å²) in [5.74, 6) is 1.50. The van der Waals surface area contributed by atoms with Crippen LogP contribution in [0.15, 0.2) is 48.5 Å². The van der Waals surface area contributed by atoms with Crippen LogP contribution in [0.1, 0.15) is 27.0 Å². The van der Waals surface area contributed by atoms with Crippen LogP contribution in [-0.2, 0) is 17.1 Å². The molecule has 4 nitrogen and oxygen atoms in total. The van der Waals surface area contributed by atoms with Crippen molar-refractivity contribution in [3.05, 3.63) is 70.8 Å². The molecule has 0 aromatic heterocycles. The van der Waals surface area contributed by atoms with Crippen LogP contribution in [0.3, 0.4) is 0 Å². The number of carbonyl (C=O) groups excluding carboxylic acids is 1. The number of benzene rings is 2. The third kappa shape index (κ3) is 5.41. The zero-order valence-electron chi connectivity index (χ0n) is 13.6. The van der Waals surface area contributed by atoms with E-state index in [9.17, 15) is 4.79 Å². The smallest absolute Gasteiger partial charge is 0.251 e. The van der Waals surface area contributed by atoms with Crippen molar-refractivity contribution in [3.63, 3.8) is 0 Å². The van der Waals surface area contributed by atoms with E-state index < -0.39 is 0 Å². The maximum atomic E-state index is 12.1. The second kappa shape index (κ2) is 9.76. The van der Waals surface area contributed by atoms with Crippen molar-refractivity contribution in [2.45, 2.75) is 12.4 Å². The van der Waals surface area contributed by atoms with Crippen LogP contribution in [-0.4, -0.2) is 25.3 Å². The highest BCUT2D eigenvalue weighted by Crippen LogP contribution is 2.15. The zero-order valence-corrected chi connectivity index (χ0v) is 14.4. The summed E-state index contributed by atoms with van der Waals surface area (Å²) >= 11 is 1.70. The van der Waals surface area contributed by atoms with E-state index in [1.807, 2.05) is 36.4 Å². The van der Waals surface area contributed by atoms with Gasteiger partial charge in [0.05, 0.1) is 18.2 Å². The van der Waals surface area contributed by atoms with Crippen LogP contribution >= 0.6 is 11.8 Å². The number of thioether (sulfide) groups is 1. The van der Waals surface area contributed by atoms with E-state index in [1.165, 1.54) is 0 Å². The molecule has 0 bridgehead atoms. The van der Waals surface area contributed by atoms with E-state index in [1.54, 1.807) is 31.0 Å². The fourth-order valence-corrected chi connectivity index (χ4v) is 3.06. The molecule has 0 aliphatic carbocycles. The lowest BCUT2D eigenvalue weighted by molar-refractivity contribution is 0.0956. The SMILES string of the molecule is COCc1ccc(C(=O)NCCSCc2ccccc2C#N)cc1. The van der Waals surface area contributed by atoms with Crippen molar-refractivity contribution >= 4 is 17.7 Å². The molecule has 124 valence electrons. The van der Waals surface area contributed by atoms with Gasteiger partial charge in [0.1, 0.15) is 0 Å². The average molecular weight is 340 g/mol. The molecule has 2 aromatic carbocycles. The summed E-state index contributed by atoms with van der Waals surface area (Å²) in [6, 6.07) is 17.2. The minimum absolute atomic E-state index is 0.0722. The number of nitrogens with zero attached hydrogens (tertiary/aromatic N) is 1. The van der Waals surface area contributed by atoms with Gasteiger partial charge in [0.25, 0.3) is 5.91 Å². The highest BCUT2D eigenvalue weighted by atomic mass is 32.2. The molecule has 24 heavy (non-hydrogen) atoms. The number of carbonyl (C=O) groups is 1. The lowest BCUT2D eigenvalue weighted by Gasteiger charge is -2.07. The van der Waals surface area contributed by atoms with Gasteiger partial charge in [0.2, 0.25) is 0 Å². The van der Waals surface area contributed by atoms with Gasteiger partial charge in [-0.15, -0.1) is 0 Å². The van der Waals surface area contributed by atoms with E-state index >= 15 is 0 Å². The second-order valence-corrected chi connectivity index (χ2v) is 6.31. The molecule has 0 aliphatic rings. The topological polar surface area (TPSA) is 62.1 Å². The predicted octanol–water partition coefficient (Wildman–Crippen LogP) is 3.37. The molecule has 2 rings (SSSR count). The Bertz CT molecular complexity index is 708. The van der Waals surface area contributed by atoms with Crippen molar-refractivity contribution in [1.29, 1.82) is 5.26 Å². The largest absolute Gasteiger partial charge is 0.380 e. The first kappa shape index (κ1) is 18.1. The molecule has 0 fully saturated rings. The molecule has 0 saturated carbocycles. The Morgan fingerprint density at radius 2 is 1.96 bits per heavy atom. The van der Waals surface area contributed by atoms with E-state index in [0.29, 0.717) is 24.3 Å². The molecule has 0 aliphatic heterocycles.